The molecule has 4 nitrogen and oxygen atoms in total. The van der Waals surface area contributed by atoms with E-state index in [1.807, 2.05) is 13.8 Å². The third-order valence-electron chi connectivity index (χ3n) is 2.17. The zero-order valence-electron chi connectivity index (χ0n) is 9.28. The standard InChI is InChI=1S/C9H13Br2NO3S2/c1-5(2)6(13)4-12-17(14,15)7-3-8(10)16-9(7)11/h3,5-6,12-13H,4H2,1-2H3. The molecular formula is C9H13Br2NO3S2. The lowest BCUT2D eigenvalue weighted by Gasteiger charge is -2.14. The molecule has 8 heteroatoms. The Bertz CT molecular complexity index is 484. The quantitative estimate of drug-likeness (QED) is 0.789. The molecule has 1 aromatic rings. The van der Waals surface area contributed by atoms with Crippen molar-refractivity contribution in [2.24, 2.45) is 5.92 Å². The molecule has 0 amide bonds. The van der Waals surface area contributed by atoms with Crippen LogP contribution in [0.25, 0.3) is 0 Å². The second-order valence-corrected chi connectivity index (χ2v) is 9.34. The van der Waals surface area contributed by atoms with Gasteiger partial charge >= 0.3 is 0 Å². The van der Waals surface area contributed by atoms with E-state index in [4.69, 9.17) is 0 Å². The predicted molar refractivity (Wildman–Crippen MR) is 75.8 cm³/mol. The molecule has 0 aliphatic carbocycles. The van der Waals surface area contributed by atoms with Gasteiger partial charge in [0.15, 0.2) is 0 Å². The Morgan fingerprint density at radius 1 is 1.47 bits per heavy atom. The molecule has 0 saturated carbocycles. The van der Waals surface area contributed by atoms with Crippen LogP contribution in [0.2, 0.25) is 0 Å². The van der Waals surface area contributed by atoms with Crippen LogP contribution < -0.4 is 4.72 Å². The molecule has 0 radical (unpaired) electrons. The molecule has 1 rings (SSSR count). The highest BCUT2D eigenvalue weighted by atomic mass is 79.9. The van der Waals surface area contributed by atoms with Crippen molar-refractivity contribution < 1.29 is 13.5 Å². The van der Waals surface area contributed by atoms with Crippen LogP contribution in [0, 0.1) is 5.92 Å². The van der Waals surface area contributed by atoms with Gasteiger partial charge in [0, 0.05) is 6.54 Å². The van der Waals surface area contributed by atoms with Gasteiger partial charge in [0.1, 0.15) is 4.90 Å². The van der Waals surface area contributed by atoms with Crippen molar-refractivity contribution in [1.29, 1.82) is 0 Å². The minimum absolute atomic E-state index is 0.00958. The van der Waals surface area contributed by atoms with Crippen molar-refractivity contribution in [1.82, 2.24) is 4.72 Å². The number of hydrogen-bond acceptors (Lipinski definition) is 4. The monoisotopic (exact) mass is 405 g/mol. The molecule has 1 unspecified atom stereocenters. The molecule has 1 atom stereocenters. The first kappa shape index (κ1) is 15.6. The highest BCUT2D eigenvalue weighted by molar-refractivity contribution is 9.12. The van der Waals surface area contributed by atoms with Gasteiger partial charge in [0.2, 0.25) is 10.0 Å². The van der Waals surface area contributed by atoms with E-state index in [1.54, 1.807) is 0 Å². The minimum Gasteiger partial charge on any atom is -0.391 e. The maximum absolute atomic E-state index is 11.9. The highest BCUT2D eigenvalue weighted by Crippen LogP contribution is 2.34. The largest absolute Gasteiger partial charge is 0.391 e. The molecule has 0 spiro atoms. The van der Waals surface area contributed by atoms with Gasteiger partial charge in [-0.25, -0.2) is 13.1 Å². The number of rotatable bonds is 5. The summed E-state index contributed by atoms with van der Waals surface area (Å²) < 4.78 is 27.5. The van der Waals surface area contributed by atoms with Gasteiger partial charge in [-0.15, -0.1) is 11.3 Å². The Morgan fingerprint density at radius 2 is 2.06 bits per heavy atom. The van der Waals surface area contributed by atoms with Crippen LogP contribution in [0.4, 0.5) is 0 Å². The number of nitrogens with one attached hydrogen (secondary N) is 1. The molecule has 2 N–H and O–H groups in total. The number of hydrogen-bond donors (Lipinski definition) is 2. The summed E-state index contributed by atoms with van der Waals surface area (Å²) in [7, 11) is -3.58. The van der Waals surface area contributed by atoms with E-state index >= 15 is 0 Å². The van der Waals surface area contributed by atoms with Crippen molar-refractivity contribution in [3.63, 3.8) is 0 Å². The molecule has 0 saturated heterocycles. The molecule has 0 aromatic carbocycles. The lowest BCUT2D eigenvalue weighted by atomic mass is 10.1. The maximum Gasteiger partial charge on any atom is 0.242 e. The molecule has 1 aromatic heterocycles. The van der Waals surface area contributed by atoms with Crippen molar-refractivity contribution in [2.45, 2.75) is 24.8 Å². The highest BCUT2D eigenvalue weighted by Gasteiger charge is 2.21. The maximum atomic E-state index is 11.9. The average Bonchev–Trinajstić information content (AvgIpc) is 2.55. The average molecular weight is 407 g/mol. The lowest BCUT2D eigenvalue weighted by Crippen LogP contribution is -2.34. The Labute approximate surface area is 122 Å². The molecule has 1 heterocycles. The van der Waals surface area contributed by atoms with Crippen LogP contribution in [0.5, 0.6) is 0 Å². The van der Waals surface area contributed by atoms with E-state index in [0.717, 1.165) is 3.79 Å². The lowest BCUT2D eigenvalue weighted by molar-refractivity contribution is 0.129. The third kappa shape index (κ3) is 4.29. The van der Waals surface area contributed by atoms with E-state index in [-0.39, 0.29) is 17.4 Å². The van der Waals surface area contributed by atoms with Crippen molar-refractivity contribution in [3.05, 3.63) is 13.6 Å². The predicted octanol–water partition coefficient (Wildman–Crippen LogP) is 2.57. The summed E-state index contributed by atoms with van der Waals surface area (Å²) in [5.41, 5.74) is 0. The number of sulfonamides is 1. The minimum atomic E-state index is -3.58. The SMILES string of the molecule is CC(C)C(O)CNS(=O)(=O)c1cc(Br)sc1Br. The first-order valence-electron chi connectivity index (χ1n) is 4.86. The zero-order valence-corrected chi connectivity index (χ0v) is 14.1. The molecule has 0 aliphatic rings. The number of thiophene rings is 1. The van der Waals surface area contributed by atoms with Gasteiger partial charge in [-0.1, -0.05) is 13.8 Å². The summed E-state index contributed by atoms with van der Waals surface area (Å²) in [6.07, 6.45) is -0.689. The van der Waals surface area contributed by atoms with Crippen molar-refractivity contribution in [3.8, 4) is 0 Å². The fraction of sp³-hybridized carbons (Fsp3) is 0.556. The van der Waals surface area contributed by atoms with Crippen LogP contribution in [0.15, 0.2) is 18.5 Å². The van der Waals surface area contributed by atoms with Gasteiger partial charge < -0.3 is 5.11 Å². The number of aliphatic hydroxyl groups excluding tert-OH is 1. The molecule has 17 heavy (non-hydrogen) atoms. The fourth-order valence-electron chi connectivity index (χ4n) is 1.02. The van der Waals surface area contributed by atoms with Crippen molar-refractivity contribution in [2.75, 3.05) is 6.54 Å². The van der Waals surface area contributed by atoms with E-state index < -0.39 is 16.1 Å². The smallest absolute Gasteiger partial charge is 0.242 e. The van der Waals surface area contributed by atoms with Crippen molar-refractivity contribution >= 4 is 53.2 Å². The molecular weight excluding hydrogens is 394 g/mol. The molecule has 0 aliphatic heterocycles. The Kier molecular flexibility index (Phi) is 5.61. The second-order valence-electron chi connectivity index (χ2n) is 3.85. The number of halogens is 2. The summed E-state index contributed by atoms with van der Waals surface area (Å²) >= 11 is 7.71. The summed E-state index contributed by atoms with van der Waals surface area (Å²) in [4.78, 5) is 0.185. The van der Waals surface area contributed by atoms with Gasteiger partial charge in [-0.05, 0) is 43.8 Å². The van der Waals surface area contributed by atoms with E-state index in [0.29, 0.717) is 3.79 Å². The molecule has 0 fully saturated rings. The normalized spacial score (nSPS) is 14.2. The van der Waals surface area contributed by atoms with Crippen LogP contribution >= 0.6 is 43.2 Å². The summed E-state index contributed by atoms with van der Waals surface area (Å²) in [6.45, 7) is 3.67. The number of aliphatic hydroxyl groups is 1. The Balaban J connectivity index is 2.80. The fourth-order valence-corrected chi connectivity index (χ4v) is 5.88. The summed E-state index contributed by atoms with van der Waals surface area (Å²) in [5.74, 6) is 0.00958. The first-order valence-corrected chi connectivity index (χ1v) is 8.75. The summed E-state index contributed by atoms with van der Waals surface area (Å²) in [6, 6.07) is 1.53. The van der Waals surface area contributed by atoms with Gasteiger partial charge in [-0.3, -0.25) is 0 Å². The van der Waals surface area contributed by atoms with Gasteiger partial charge in [0.25, 0.3) is 0 Å². The Hall–Kier alpha value is 0.530. The van der Waals surface area contributed by atoms with Gasteiger partial charge in [-0.2, -0.15) is 0 Å². The van der Waals surface area contributed by atoms with Crippen LogP contribution in [-0.2, 0) is 10.0 Å². The Morgan fingerprint density at radius 3 is 2.47 bits per heavy atom. The third-order valence-corrected chi connectivity index (χ3v) is 6.35. The second kappa shape index (κ2) is 6.12. The molecule has 0 bridgehead atoms. The van der Waals surface area contributed by atoms with E-state index in [9.17, 15) is 13.5 Å². The van der Waals surface area contributed by atoms with Crippen LogP contribution in [0.1, 0.15) is 13.8 Å². The van der Waals surface area contributed by atoms with E-state index in [2.05, 4.69) is 36.6 Å². The van der Waals surface area contributed by atoms with Gasteiger partial charge in [0.05, 0.1) is 13.7 Å². The van der Waals surface area contributed by atoms with E-state index in [1.165, 1.54) is 17.4 Å². The summed E-state index contributed by atoms with van der Waals surface area (Å²) in [5, 5.41) is 9.57. The van der Waals surface area contributed by atoms with Crippen LogP contribution in [-0.4, -0.2) is 26.2 Å². The van der Waals surface area contributed by atoms with Crippen LogP contribution in [0.3, 0.4) is 0 Å². The zero-order chi connectivity index (χ0) is 13.2. The molecule has 98 valence electrons. The first-order chi connectivity index (χ1) is 7.74. The topological polar surface area (TPSA) is 66.4 Å².